The van der Waals surface area contributed by atoms with Gasteiger partial charge in [0.15, 0.2) is 11.6 Å². The van der Waals surface area contributed by atoms with Crippen LogP contribution in [0.25, 0.3) is 0 Å². The van der Waals surface area contributed by atoms with E-state index in [-0.39, 0.29) is 55.1 Å². The minimum atomic E-state index is -0.585. The fraction of sp³-hybridized carbons (Fsp3) is 0.462. The summed E-state index contributed by atoms with van der Waals surface area (Å²) in [7, 11) is 5.06. The van der Waals surface area contributed by atoms with Crippen molar-refractivity contribution in [2.45, 2.75) is 52.6 Å². The molecule has 198 valence electrons. The van der Waals surface area contributed by atoms with Gasteiger partial charge in [0, 0.05) is 39.7 Å². The van der Waals surface area contributed by atoms with E-state index in [1.165, 1.54) is 4.57 Å². The highest BCUT2D eigenvalue weighted by atomic mass is 16.6. The second kappa shape index (κ2) is 10.9. The smallest absolute Gasteiger partial charge is 0.374 e. The molecular weight excluding hydrogens is 478 g/mol. The normalized spacial score (nSPS) is 11.4. The summed E-state index contributed by atoms with van der Waals surface area (Å²) in [6.45, 7) is 7.33. The first-order chi connectivity index (χ1) is 17.3. The highest BCUT2D eigenvalue weighted by molar-refractivity contribution is 5.97. The third-order valence-corrected chi connectivity index (χ3v) is 5.36. The number of carbonyl (C=O) groups is 4. The van der Waals surface area contributed by atoms with Crippen LogP contribution in [0.1, 0.15) is 76.4 Å². The summed E-state index contributed by atoms with van der Waals surface area (Å²) in [5.74, 6) is -1.12. The Hall–Kier alpha value is -4.02. The van der Waals surface area contributed by atoms with E-state index in [0.29, 0.717) is 22.6 Å². The molecular formula is C26H33N5O6. The van der Waals surface area contributed by atoms with Crippen LogP contribution in [0.5, 0.6) is 0 Å². The van der Waals surface area contributed by atoms with Crippen LogP contribution in [0.15, 0.2) is 24.7 Å². The molecule has 0 spiro atoms. The SMILES string of the molecule is CCOC(=O)c1nc(CC(=O)c2nc(CC(=O)c3cc(CC(=O)OC(C)(C)C)cn3C)cn2C)cn1C. The summed E-state index contributed by atoms with van der Waals surface area (Å²) in [5.41, 5.74) is 1.38. The Morgan fingerprint density at radius 1 is 0.811 bits per heavy atom. The van der Waals surface area contributed by atoms with Gasteiger partial charge >= 0.3 is 11.9 Å². The van der Waals surface area contributed by atoms with Gasteiger partial charge in [-0.2, -0.15) is 0 Å². The molecule has 0 aliphatic rings. The van der Waals surface area contributed by atoms with Gasteiger partial charge in [0.05, 0.1) is 43.0 Å². The molecule has 0 aromatic carbocycles. The summed E-state index contributed by atoms with van der Waals surface area (Å²) >= 11 is 0. The van der Waals surface area contributed by atoms with Crippen LogP contribution in [0.3, 0.4) is 0 Å². The monoisotopic (exact) mass is 511 g/mol. The first kappa shape index (κ1) is 27.6. The predicted octanol–water partition coefficient (Wildman–Crippen LogP) is 2.40. The number of esters is 2. The predicted molar refractivity (Wildman–Crippen MR) is 133 cm³/mol. The lowest BCUT2D eigenvalue weighted by atomic mass is 10.1. The molecule has 0 fully saturated rings. The zero-order chi connectivity index (χ0) is 27.5. The average Bonchev–Trinajstić information content (AvgIpc) is 3.43. The van der Waals surface area contributed by atoms with Gasteiger partial charge in [0.25, 0.3) is 0 Å². The van der Waals surface area contributed by atoms with Crippen molar-refractivity contribution in [2.24, 2.45) is 21.1 Å². The molecule has 0 bridgehead atoms. The molecule has 3 aromatic rings. The Balaban J connectivity index is 1.68. The van der Waals surface area contributed by atoms with Crippen molar-refractivity contribution in [1.82, 2.24) is 23.7 Å². The maximum Gasteiger partial charge on any atom is 0.374 e. The van der Waals surface area contributed by atoms with Crippen molar-refractivity contribution in [3.63, 3.8) is 0 Å². The molecule has 0 atom stereocenters. The van der Waals surface area contributed by atoms with Crippen LogP contribution in [-0.2, 0) is 54.7 Å². The van der Waals surface area contributed by atoms with Crippen molar-refractivity contribution >= 4 is 23.5 Å². The van der Waals surface area contributed by atoms with E-state index in [1.807, 2.05) is 0 Å². The maximum absolute atomic E-state index is 13.0. The van der Waals surface area contributed by atoms with E-state index in [1.54, 1.807) is 82.6 Å². The summed E-state index contributed by atoms with van der Waals surface area (Å²) in [5, 5.41) is 0. The molecule has 0 radical (unpaired) electrons. The Labute approximate surface area is 215 Å². The van der Waals surface area contributed by atoms with Crippen molar-refractivity contribution in [2.75, 3.05) is 6.61 Å². The summed E-state index contributed by atoms with van der Waals surface area (Å²) in [4.78, 5) is 58.6. The molecule has 0 aliphatic carbocycles. The fourth-order valence-electron chi connectivity index (χ4n) is 3.92. The molecule has 11 heteroatoms. The number of rotatable bonds is 10. The number of aromatic nitrogens is 5. The van der Waals surface area contributed by atoms with Crippen LogP contribution in [0.2, 0.25) is 0 Å². The number of hydrogen-bond donors (Lipinski definition) is 0. The summed E-state index contributed by atoms with van der Waals surface area (Å²) in [6, 6.07) is 1.67. The third-order valence-electron chi connectivity index (χ3n) is 5.36. The quantitative estimate of drug-likeness (QED) is 0.300. The number of aryl methyl sites for hydroxylation is 3. The Kier molecular flexibility index (Phi) is 8.15. The standard InChI is InChI=1S/C26H33N5O6/c1-8-36-25(35)24-28-18(15-31(24)7)12-21(33)23-27-17(14-30(23)6)11-20(32)19-9-16(13-29(19)5)10-22(34)37-26(2,3)4/h9,13-15H,8,10-12H2,1-7H3. The van der Waals surface area contributed by atoms with Crippen LogP contribution in [0.4, 0.5) is 0 Å². The lowest BCUT2D eigenvalue weighted by Crippen LogP contribution is -2.24. The summed E-state index contributed by atoms with van der Waals surface area (Å²) in [6.07, 6.45) is 4.95. The van der Waals surface area contributed by atoms with Gasteiger partial charge in [-0.3, -0.25) is 14.4 Å². The van der Waals surface area contributed by atoms with Crippen LogP contribution in [0, 0.1) is 0 Å². The fourth-order valence-corrected chi connectivity index (χ4v) is 3.92. The minimum Gasteiger partial charge on any atom is -0.460 e. The Morgan fingerprint density at radius 2 is 1.38 bits per heavy atom. The molecule has 37 heavy (non-hydrogen) atoms. The van der Waals surface area contributed by atoms with Crippen molar-refractivity contribution in [1.29, 1.82) is 0 Å². The highest BCUT2D eigenvalue weighted by Gasteiger charge is 2.22. The third kappa shape index (κ3) is 7.02. The summed E-state index contributed by atoms with van der Waals surface area (Å²) < 4.78 is 15.1. The molecule has 0 N–H and O–H groups in total. The number of Topliss-reactive ketones (excluding diaryl/α,β-unsaturated/α-hetero) is 2. The highest BCUT2D eigenvalue weighted by Crippen LogP contribution is 2.16. The van der Waals surface area contributed by atoms with Crippen LogP contribution in [-0.4, -0.2) is 59.4 Å². The molecule has 11 nitrogen and oxygen atoms in total. The van der Waals surface area contributed by atoms with E-state index in [2.05, 4.69) is 9.97 Å². The Morgan fingerprint density at radius 3 is 1.97 bits per heavy atom. The lowest BCUT2D eigenvalue weighted by molar-refractivity contribution is -0.153. The van der Waals surface area contributed by atoms with Gasteiger partial charge in [-0.05, 0) is 39.3 Å². The second-order valence-electron chi connectivity index (χ2n) is 9.86. The average molecular weight is 512 g/mol. The van der Waals surface area contributed by atoms with E-state index in [4.69, 9.17) is 9.47 Å². The van der Waals surface area contributed by atoms with E-state index in [0.717, 1.165) is 0 Å². The largest absolute Gasteiger partial charge is 0.460 e. The van der Waals surface area contributed by atoms with Gasteiger partial charge in [-0.25, -0.2) is 14.8 Å². The van der Waals surface area contributed by atoms with E-state index < -0.39 is 11.6 Å². The van der Waals surface area contributed by atoms with Crippen molar-refractivity contribution in [3.8, 4) is 0 Å². The van der Waals surface area contributed by atoms with Crippen molar-refractivity contribution < 1.29 is 28.7 Å². The lowest BCUT2D eigenvalue weighted by Gasteiger charge is -2.19. The second-order valence-corrected chi connectivity index (χ2v) is 9.86. The van der Waals surface area contributed by atoms with Gasteiger partial charge in [0.2, 0.25) is 11.6 Å². The van der Waals surface area contributed by atoms with Gasteiger partial charge in [-0.1, -0.05) is 0 Å². The number of ketones is 2. The first-order valence-electron chi connectivity index (χ1n) is 11.9. The zero-order valence-electron chi connectivity index (χ0n) is 22.3. The van der Waals surface area contributed by atoms with Gasteiger partial charge in [0.1, 0.15) is 5.60 Å². The molecule has 0 unspecified atom stereocenters. The number of ether oxygens (including phenoxy) is 2. The molecule has 0 saturated heterocycles. The number of carbonyl (C=O) groups excluding carboxylic acids is 4. The Bertz CT molecular complexity index is 1340. The van der Waals surface area contributed by atoms with E-state index >= 15 is 0 Å². The first-order valence-corrected chi connectivity index (χ1v) is 11.9. The molecule has 0 aliphatic heterocycles. The zero-order valence-corrected chi connectivity index (χ0v) is 22.3. The molecule has 3 rings (SSSR count). The number of nitrogens with zero attached hydrogens (tertiary/aromatic N) is 5. The molecule has 3 aromatic heterocycles. The van der Waals surface area contributed by atoms with Crippen LogP contribution < -0.4 is 0 Å². The maximum atomic E-state index is 13.0. The number of imidazole rings is 2. The number of hydrogen-bond acceptors (Lipinski definition) is 8. The molecule has 0 saturated carbocycles. The van der Waals surface area contributed by atoms with Gasteiger partial charge < -0.3 is 23.2 Å². The minimum absolute atomic E-state index is 0.0125. The van der Waals surface area contributed by atoms with Crippen LogP contribution >= 0.6 is 0 Å². The van der Waals surface area contributed by atoms with Gasteiger partial charge in [-0.15, -0.1) is 0 Å². The van der Waals surface area contributed by atoms with E-state index in [9.17, 15) is 19.2 Å². The molecule has 3 heterocycles. The molecule has 0 amide bonds. The topological polar surface area (TPSA) is 127 Å². The van der Waals surface area contributed by atoms with Crippen molar-refractivity contribution in [3.05, 3.63) is 59.0 Å².